The highest BCUT2D eigenvalue weighted by Gasteiger charge is 2.20. The van der Waals surface area contributed by atoms with E-state index in [4.69, 9.17) is 10.8 Å². The maximum atomic E-state index is 12.5. The Bertz CT molecular complexity index is 918. The topological polar surface area (TPSA) is 60.5 Å². The number of benzene rings is 2. The molecule has 0 radical (unpaired) electrons. The third-order valence-corrected chi connectivity index (χ3v) is 3.92. The van der Waals surface area contributed by atoms with Crippen molar-refractivity contribution < 1.29 is 15.6 Å². The van der Waals surface area contributed by atoms with Gasteiger partial charge < -0.3 is 14.8 Å². The lowest BCUT2D eigenvalue weighted by Crippen LogP contribution is -2.20. The van der Waals surface area contributed by atoms with Crippen molar-refractivity contribution >= 4 is 5.91 Å². The van der Waals surface area contributed by atoms with Gasteiger partial charge in [-0.15, -0.1) is 0 Å². The van der Waals surface area contributed by atoms with Crippen LogP contribution in [0.1, 0.15) is 28.5 Å². The molecule has 0 spiro atoms. The third-order valence-electron chi connectivity index (χ3n) is 3.92. The minimum Gasteiger partial charge on any atom is -0.483 e. The van der Waals surface area contributed by atoms with Crippen molar-refractivity contribution in [1.82, 2.24) is 10.3 Å². The fourth-order valence-electron chi connectivity index (χ4n) is 2.59. The molecule has 5 heteroatoms. The van der Waals surface area contributed by atoms with Crippen LogP contribution >= 0.6 is 0 Å². The number of carbonyl (C=O) groups excluding carboxylic acids is 1. The lowest BCUT2D eigenvalue weighted by Gasteiger charge is -2.16. The highest BCUT2D eigenvalue weighted by Crippen LogP contribution is 2.31. The maximum Gasteiger partial charge on any atom is 0.258 e. The number of rotatable bonds is 7. The van der Waals surface area contributed by atoms with Crippen LogP contribution in [0.5, 0.6) is 11.6 Å². The number of pyridine rings is 1. The lowest BCUT2D eigenvalue weighted by molar-refractivity contribution is 0.0956. The molecular formula is C22H22N2O3. The van der Waals surface area contributed by atoms with Gasteiger partial charge in [-0.05, 0) is 24.1 Å². The number of aryl methyl sites for hydroxylation is 1. The molecule has 0 aliphatic carbocycles. The molecule has 0 fully saturated rings. The number of aromatic nitrogens is 1. The number of hydrogen-bond donors (Lipinski definition) is 1. The van der Waals surface area contributed by atoms with E-state index in [9.17, 15) is 4.79 Å². The average molecular weight is 364 g/mol. The van der Waals surface area contributed by atoms with Gasteiger partial charge in [0.1, 0.15) is 13.2 Å². The predicted octanol–water partition coefficient (Wildman–Crippen LogP) is 3.91. The van der Waals surface area contributed by atoms with E-state index in [1.165, 1.54) is 0 Å². The minimum atomic E-state index is -0.395. The molecule has 3 rings (SSSR count). The van der Waals surface area contributed by atoms with Gasteiger partial charge in [0.25, 0.3) is 11.8 Å². The summed E-state index contributed by atoms with van der Waals surface area (Å²) >= 11 is 0. The van der Waals surface area contributed by atoms with Crippen molar-refractivity contribution in [3.63, 3.8) is 0 Å². The standard InChI is InChI=1S/C22H22N2O3/c1-16-13-19(21(25)23-2)20(26-14-17-9-5-3-6-10-17)22(24-16)27-15-18-11-7-4-8-12-18/h3-13H,14-15H2,1-2H3,(H,23,25)/i2T. The van der Waals surface area contributed by atoms with Crippen molar-refractivity contribution in [2.75, 3.05) is 7.02 Å². The van der Waals surface area contributed by atoms with E-state index in [1.807, 2.05) is 60.7 Å². The zero-order valence-electron chi connectivity index (χ0n) is 16.1. The fourth-order valence-corrected chi connectivity index (χ4v) is 2.59. The molecule has 1 amide bonds. The first-order chi connectivity index (χ1) is 13.7. The summed E-state index contributed by atoms with van der Waals surface area (Å²) in [5.74, 6) is 0.138. The number of carbonyl (C=O) groups is 1. The highest BCUT2D eigenvalue weighted by molar-refractivity contribution is 5.97. The van der Waals surface area contributed by atoms with Crippen molar-refractivity contribution in [3.8, 4) is 11.6 Å². The van der Waals surface area contributed by atoms with Gasteiger partial charge in [-0.1, -0.05) is 60.7 Å². The molecule has 1 heterocycles. The normalized spacial score (nSPS) is 10.8. The Labute approximate surface area is 160 Å². The second-order valence-corrected chi connectivity index (χ2v) is 6.00. The van der Waals surface area contributed by atoms with Crippen LogP contribution in [0.15, 0.2) is 66.7 Å². The largest absolute Gasteiger partial charge is 0.483 e. The van der Waals surface area contributed by atoms with E-state index in [1.54, 1.807) is 13.0 Å². The molecule has 5 nitrogen and oxygen atoms in total. The fraction of sp³-hybridized carbons (Fsp3) is 0.182. The van der Waals surface area contributed by atoms with Crippen LogP contribution in [-0.4, -0.2) is 17.9 Å². The smallest absolute Gasteiger partial charge is 0.258 e. The van der Waals surface area contributed by atoms with Crippen LogP contribution in [0.3, 0.4) is 0 Å². The van der Waals surface area contributed by atoms with E-state index in [0.29, 0.717) is 17.9 Å². The summed E-state index contributed by atoms with van der Waals surface area (Å²) in [6.45, 7) is 2.36. The number of nitrogens with one attached hydrogen (secondary N) is 1. The summed E-state index contributed by atoms with van der Waals surface area (Å²) in [7, 11) is -0.224. The second kappa shape index (κ2) is 8.85. The van der Waals surface area contributed by atoms with Gasteiger partial charge in [0, 0.05) is 14.1 Å². The zero-order chi connectivity index (χ0) is 19.8. The predicted molar refractivity (Wildman–Crippen MR) is 104 cm³/mol. The summed E-state index contributed by atoms with van der Waals surface area (Å²) in [4.78, 5) is 16.9. The van der Waals surface area contributed by atoms with E-state index in [0.717, 1.165) is 11.1 Å². The summed E-state index contributed by atoms with van der Waals surface area (Å²) in [6, 6.07) is 21.0. The SMILES string of the molecule is [3H]CNC(=O)c1cc(C)nc(OCc2ccccc2)c1OCc1ccccc1. The summed E-state index contributed by atoms with van der Waals surface area (Å²) in [5.41, 5.74) is 2.88. The zero-order valence-corrected chi connectivity index (χ0v) is 15.1. The Morgan fingerprint density at radius 1 is 1.00 bits per heavy atom. The van der Waals surface area contributed by atoms with Crippen LogP contribution in [0, 0.1) is 6.92 Å². The first-order valence-electron chi connectivity index (χ1n) is 9.30. The molecule has 0 saturated heterocycles. The van der Waals surface area contributed by atoms with Gasteiger partial charge in [0.05, 0.1) is 5.56 Å². The van der Waals surface area contributed by atoms with Crippen LogP contribution in [0.4, 0.5) is 0 Å². The van der Waals surface area contributed by atoms with Gasteiger partial charge in [-0.25, -0.2) is 4.98 Å². The average Bonchev–Trinajstić information content (AvgIpc) is 2.72. The lowest BCUT2D eigenvalue weighted by atomic mass is 10.2. The molecule has 0 unspecified atom stereocenters. The molecule has 0 aliphatic rings. The minimum absolute atomic E-state index is 0.224. The number of ether oxygens (including phenoxy) is 2. The number of amides is 1. The number of hydrogen-bond acceptors (Lipinski definition) is 4. The molecule has 0 bridgehead atoms. The molecule has 1 aromatic heterocycles. The van der Waals surface area contributed by atoms with Gasteiger partial charge in [-0.3, -0.25) is 4.79 Å². The number of nitrogens with zero attached hydrogens (tertiary/aromatic N) is 1. The summed E-state index contributed by atoms with van der Waals surface area (Å²) in [5, 5.41) is 2.49. The molecule has 3 aromatic rings. The Kier molecular flexibility index (Phi) is 5.60. The van der Waals surface area contributed by atoms with Crippen molar-refractivity contribution in [2.24, 2.45) is 0 Å². The monoisotopic (exact) mass is 364 g/mol. The van der Waals surface area contributed by atoms with E-state index in [-0.39, 0.29) is 25.3 Å². The van der Waals surface area contributed by atoms with Crippen LogP contribution < -0.4 is 14.8 Å². The van der Waals surface area contributed by atoms with E-state index < -0.39 is 5.91 Å². The third kappa shape index (κ3) is 4.85. The molecule has 138 valence electrons. The molecule has 0 aliphatic heterocycles. The van der Waals surface area contributed by atoms with Crippen LogP contribution in [0.25, 0.3) is 0 Å². The van der Waals surface area contributed by atoms with Gasteiger partial charge in [0.2, 0.25) is 0 Å². The Hall–Kier alpha value is -3.34. The summed E-state index contributed by atoms with van der Waals surface area (Å²) < 4.78 is 19.1. The molecular weight excluding hydrogens is 340 g/mol. The quantitative estimate of drug-likeness (QED) is 0.691. The van der Waals surface area contributed by atoms with Gasteiger partial charge in [-0.2, -0.15) is 0 Å². The van der Waals surface area contributed by atoms with Crippen molar-refractivity contribution in [2.45, 2.75) is 20.1 Å². The van der Waals surface area contributed by atoms with Gasteiger partial charge >= 0.3 is 0 Å². The molecule has 27 heavy (non-hydrogen) atoms. The first-order valence-corrected chi connectivity index (χ1v) is 8.60. The molecule has 0 atom stereocenters. The summed E-state index contributed by atoms with van der Waals surface area (Å²) in [6.07, 6.45) is 0. The Morgan fingerprint density at radius 3 is 2.19 bits per heavy atom. The molecule has 0 saturated carbocycles. The van der Waals surface area contributed by atoms with E-state index in [2.05, 4.69) is 10.3 Å². The van der Waals surface area contributed by atoms with Crippen LogP contribution in [0.2, 0.25) is 0 Å². The van der Waals surface area contributed by atoms with E-state index >= 15 is 0 Å². The van der Waals surface area contributed by atoms with Crippen molar-refractivity contribution in [3.05, 3.63) is 89.1 Å². The molecule has 2 aromatic carbocycles. The van der Waals surface area contributed by atoms with Crippen molar-refractivity contribution in [1.29, 1.82) is 0 Å². The maximum absolute atomic E-state index is 12.5. The van der Waals surface area contributed by atoms with Crippen LogP contribution in [-0.2, 0) is 13.2 Å². The Balaban J connectivity index is 1.90. The second-order valence-electron chi connectivity index (χ2n) is 6.00. The Morgan fingerprint density at radius 2 is 1.59 bits per heavy atom. The van der Waals surface area contributed by atoms with Gasteiger partial charge in [0.15, 0.2) is 5.75 Å². The first kappa shape index (κ1) is 17.1. The molecule has 1 N–H and O–H groups in total. The highest BCUT2D eigenvalue weighted by atomic mass is 16.5.